The molecule has 0 radical (unpaired) electrons. The zero-order chi connectivity index (χ0) is 26.9. The number of carbonyl (C=O) groups excluding carboxylic acids is 2. The van der Waals surface area contributed by atoms with Gasteiger partial charge in [-0.25, -0.2) is 4.79 Å². The molecular formula is C23H26ClCoN3O8-2. The van der Waals surface area contributed by atoms with Crippen LogP contribution in [0.3, 0.4) is 0 Å². The number of Topliss-reactive ketones (excluding diaryl/α,β-unsaturated/α-hetero) is 1. The number of anilines is 1. The number of nitrogens with one attached hydrogen (secondary N) is 1. The van der Waals surface area contributed by atoms with Gasteiger partial charge >= 0.3 is 25.5 Å². The summed E-state index contributed by atoms with van der Waals surface area (Å²) in [5.41, 5.74) is -0.982. The van der Waals surface area contributed by atoms with Crippen LogP contribution in [0, 0.1) is 23.0 Å². The molecule has 0 aliphatic rings. The second-order valence-electron chi connectivity index (χ2n) is 8.12. The van der Waals surface area contributed by atoms with Crippen LogP contribution in [-0.2, 0) is 35.7 Å². The summed E-state index contributed by atoms with van der Waals surface area (Å²) in [6, 6.07) is 7.48. The number of rotatable bonds is 9. The van der Waals surface area contributed by atoms with Gasteiger partial charge in [0, 0.05) is 17.5 Å². The summed E-state index contributed by atoms with van der Waals surface area (Å²) in [6.07, 6.45) is -1.65. The third-order valence-electron chi connectivity index (χ3n) is 4.51. The Morgan fingerprint density at radius 1 is 1.19 bits per heavy atom. The number of hydrogen-bond donors (Lipinski definition) is 2. The van der Waals surface area contributed by atoms with Crippen molar-refractivity contribution in [3.63, 3.8) is 0 Å². The van der Waals surface area contributed by atoms with Crippen LogP contribution in [0.5, 0.6) is 5.75 Å². The molecule has 0 spiro atoms. The van der Waals surface area contributed by atoms with Crippen molar-refractivity contribution >= 4 is 40.6 Å². The van der Waals surface area contributed by atoms with Gasteiger partial charge in [0.1, 0.15) is 5.75 Å². The molecule has 1 atom stereocenters. The van der Waals surface area contributed by atoms with Gasteiger partial charge in [-0.15, -0.1) is 6.54 Å². The van der Waals surface area contributed by atoms with Crippen LogP contribution < -0.4 is 10.1 Å². The number of nitro benzene ring substituents is 1. The number of carbonyl (C=O) groups is 3. The van der Waals surface area contributed by atoms with Gasteiger partial charge in [0.05, 0.1) is 21.2 Å². The Balaban J connectivity index is 0.00000398. The number of nitro groups is 1. The van der Waals surface area contributed by atoms with Crippen LogP contribution in [0.1, 0.15) is 36.7 Å². The summed E-state index contributed by atoms with van der Waals surface area (Å²) in [7, 11) is 1.50. The Kier molecular flexibility index (Phi) is 13.1. The molecule has 0 heterocycles. The number of carboxylic acid groups (broad SMARTS) is 1. The molecule has 1 amide bonds. The standard InChI is InChI=1S/C22H23ClN3O7.CH3.Co.O/c1-22(2,3)19(27)18(20(28)25-16-10-12(21(29)30)5-7-15(16)23)33-17-8-6-14(26(31)32)9-13(17)11-24-4;;;/h5-10,18H,11H2,1-4H3,(H,25,28)(H,29,30);1H3;;/q2*-1;;. The molecule has 199 valence electrons. The van der Waals surface area contributed by atoms with Gasteiger partial charge in [-0.3, -0.25) is 19.7 Å². The van der Waals surface area contributed by atoms with Crippen LogP contribution in [0.25, 0.3) is 5.32 Å². The maximum absolute atomic E-state index is 13.1. The second kappa shape index (κ2) is 14.4. The van der Waals surface area contributed by atoms with Crippen molar-refractivity contribution in [2.45, 2.75) is 33.4 Å². The third kappa shape index (κ3) is 8.79. The van der Waals surface area contributed by atoms with Gasteiger partial charge in [0.25, 0.3) is 11.6 Å². The number of nitrogens with zero attached hydrogens (tertiary/aromatic N) is 2. The first-order valence-corrected chi connectivity index (χ1v) is 10.7. The zero-order valence-corrected chi connectivity index (χ0v) is 22.0. The zero-order valence-electron chi connectivity index (χ0n) is 20.2. The molecule has 13 heteroatoms. The van der Waals surface area contributed by atoms with Crippen molar-refractivity contribution in [1.82, 2.24) is 0 Å². The van der Waals surface area contributed by atoms with Gasteiger partial charge in [-0.1, -0.05) is 32.4 Å². The number of aromatic carboxylic acids is 1. The van der Waals surface area contributed by atoms with E-state index in [1.807, 2.05) is 0 Å². The van der Waals surface area contributed by atoms with Gasteiger partial charge in [0.15, 0.2) is 5.78 Å². The minimum absolute atomic E-state index is 0. The van der Waals surface area contributed by atoms with E-state index >= 15 is 0 Å². The van der Waals surface area contributed by atoms with Crippen molar-refractivity contribution in [3.8, 4) is 5.75 Å². The van der Waals surface area contributed by atoms with E-state index in [1.54, 1.807) is 20.8 Å². The second-order valence-corrected chi connectivity index (χ2v) is 8.53. The first-order chi connectivity index (χ1) is 16.3. The minimum atomic E-state index is -1.65. The number of amides is 1. The molecule has 0 aromatic heterocycles. The molecule has 0 saturated carbocycles. The van der Waals surface area contributed by atoms with E-state index in [0.717, 1.165) is 6.07 Å². The Bertz CT molecular complexity index is 1120. The molecule has 0 bridgehead atoms. The summed E-state index contributed by atoms with van der Waals surface area (Å²) in [6.45, 7) is 4.88. The Labute approximate surface area is 221 Å². The van der Waals surface area contributed by atoms with Crippen LogP contribution >= 0.6 is 11.6 Å². The van der Waals surface area contributed by atoms with Crippen LogP contribution in [0.15, 0.2) is 36.4 Å². The number of ether oxygens (including phenoxy) is 1. The Morgan fingerprint density at radius 3 is 2.31 bits per heavy atom. The maximum atomic E-state index is 13.1. The van der Waals surface area contributed by atoms with E-state index in [0.29, 0.717) is 5.56 Å². The molecule has 1 unspecified atom stereocenters. The van der Waals surface area contributed by atoms with Crippen molar-refractivity contribution < 1.29 is 48.7 Å². The Hall–Kier alpha value is -3.19. The summed E-state index contributed by atoms with van der Waals surface area (Å²) < 4.78 is 13.7. The molecule has 0 aliphatic heterocycles. The number of non-ortho nitro benzene ring substituents is 1. The predicted octanol–water partition coefficient (Wildman–Crippen LogP) is 4.78. The van der Waals surface area contributed by atoms with Gasteiger partial charge in [-0.2, -0.15) is 7.05 Å². The van der Waals surface area contributed by atoms with Crippen LogP contribution in [0.2, 0.25) is 5.02 Å². The van der Waals surface area contributed by atoms with E-state index in [9.17, 15) is 29.6 Å². The number of carboxylic acids is 1. The van der Waals surface area contributed by atoms with Gasteiger partial charge in [-0.05, 0) is 29.8 Å². The summed E-state index contributed by atoms with van der Waals surface area (Å²) in [5, 5.41) is 26.8. The van der Waals surface area contributed by atoms with Gasteiger partial charge in [0.2, 0.25) is 6.10 Å². The molecule has 11 nitrogen and oxygen atoms in total. The van der Waals surface area contributed by atoms with E-state index in [4.69, 9.17) is 20.2 Å². The van der Waals surface area contributed by atoms with Crippen molar-refractivity contribution in [1.29, 1.82) is 0 Å². The predicted molar refractivity (Wildman–Crippen MR) is 129 cm³/mol. The van der Waals surface area contributed by atoms with E-state index < -0.39 is 34.1 Å². The first kappa shape index (κ1) is 32.8. The van der Waals surface area contributed by atoms with Crippen LogP contribution in [-0.4, -0.2) is 40.8 Å². The molecule has 36 heavy (non-hydrogen) atoms. The monoisotopic (exact) mass is 566 g/mol. The van der Waals surface area contributed by atoms with Crippen molar-refractivity contribution in [3.05, 3.63) is 75.4 Å². The molecule has 0 aliphatic carbocycles. The average Bonchev–Trinajstić information content (AvgIpc) is 2.79. The summed E-state index contributed by atoms with van der Waals surface area (Å²) >= 11 is 8.40. The topological polar surface area (TPSA) is 167 Å². The molecule has 0 saturated heterocycles. The van der Waals surface area contributed by atoms with E-state index in [1.165, 1.54) is 37.4 Å². The number of halogens is 1. The van der Waals surface area contributed by atoms with Crippen molar-refractivity contribution in [2.24, 2.45) is 5.41 Å². The van der Waals surface area contributed by atoms with Gasteiger partial charge < -0.3 is 27.9 Å². The average molecular weight is 567 g/mol. The van der Waals surface area contributed by atoms with Crippen LogP contribution in [0.4, 0.5) is 11.4 Å². The number of benzene rings is 2. The fraction of sp³-hybridized carbons (Fsp3) is 0.304. The number of hydrogen-bond acceptors (Lipinski definition) is 7. The Morgan fingerprint density at radius 2 is 1.81 bits per heavy atom. The molecule has 2 aromatic rings. The van der Waals surface area contributed by atoms with Crippen molar-refractivity contribution in [2.75, 3.05) is 12.4 Å². The normalized spacial score (nSPS) is 11.2. The third-order valence-corrected chi connectivity index (χ3v) is 4.84. The summed E-state index contributed by atoms with van der Waals surface area (Å²) in [5.74, 6) is -2.59. The molecule has 2 rings (SSSR count). The summed E-state index contributed by atoms with van der Waals surface area (Å²) in [4.78, 5) is 47.9. The fourth-order valence-electron chi connectivity index (χ4n) is 2.79. The quantitative estimate of drug-likeness (QED) is 0.189. The molecule has 2 aromatic carbocycles. The fourth-order valence-corrected chi connectivity index (χ4v) is 2.95. The van der Waals surface area contributed by atoms with E-state index in [2.05, 4.69) is 26.3 Å². The molecule has 2 N–H and O–H groups in total. The molecule has 0 fully saturated rings. The number of ketones is 1. The molecular weight excluding hydrogens is 541 g/mol. The first-order valence-electron chi connectivity index (χ1n) is 9.86. The SMILES string of the molecule is C[N-]Cc1cc([N+](=O)[O-])ccc1OC(C(=O)Nc1cc(C(=O)O)ccc1Cl)C(=O)C(C)(C)C.[CH3-].[O]=[Co]. The van der Waals surface area contributed by atoms with E-state index in [-0.39, 0.29) is 41.7 Å².